The normalized spacial score (nSPS) is 12.3. The lowest BCUT2D eigenvalue weighted by Crippen LogP contribution is -2.26. The Labute approximate surface area is 137 Å². The van der Waals surface area contributed by atoms with Crippen molar-refractivity contribution in [3.05, 3.63) is 65.9 Å². The standard InChI is InChI=1S/C18H15F2NO3/c1-11(16-10-13-4-2-3-5-15(13)24-16)21-17(22)12-6-8-14(9-7-12)23-18(19)20/h2-11,18H,1H3,(H,21,22). The first-order chi connectivity index (χ1) is 11.5. The minimum atomic E-state index is -2.89. The van der Waals surface area contributed by atoms with Crippen LogP contribution in [0.4, 0.5) is 8.78 Å². The largest absolute Gasteiger partial charge is 0.459 e. The molecule has 0 radical (unpaired) electrons. The fourth-order valence-corrected chi connectivity index (χ4v) is 2.35. The summed E-state index contributed by atoms with van der Waals surface area (Å²) >= 11 is 0. The van der Waals surface area contributed by atoms with E-state index in [0.29, 0.717) is 11.3 Å². The molecule has 1 heterocycles. The van der Waals surface area contributed by atoms with Gasteiger partial charge in [0.1, 0.15) is 17.1 Å². The number of ether oxygens (including phenoxy) is 1. The molecule has 0 aliphatic carbocycles. The number of furan rings is 1. The molecule has 24 heavy (non-hydrogen) atoms. The lowest BCUT2D eigenvalue weighted by atomic mass is 10.1. The van der Waals surface area contributed by atoms with Gasteiger partial charge in [0.05, 0.1) is 6.04 Å². The maximum absolute atomic E-state index is 12.2. The van der Waals surface area contributed by atoms with Crippen molar-refractivity contribution in [1.29, 1.82) is 0 Å². The summed E-state index contributed by atoms with van der Waals surface area (Å²) in [6.45, 7) is -1.08. The molecule has 0 bridgehead atoms. The lowest BCUT2D eigenvalue weighted by molar-refractivity contribution is -0.0498. The molecule has 0 aliphatic heterocycles. The van der Waals surface area contributed by atoms with Gasteiger partial charge < -0.3 is 14.5 Å². The number of alkyl halides is 2. The Balaban J connectivity index is 1.69. The summed E-state index contributed by atoms with van der Waals surface area (Å²) in [5, 5.41) is 3.77. The van der Waals surface area contributed by atoms with E-state index in [4.69, 9.17) is 4.42 Å². The van der Waals surface area contributed by atoms with Crippen LogP contribution in [0.3, 0.4) is 0 Å². The molecule has 124 valence electrons. The van der Waals surface area contributed by atoms with Gasteiger partial charge in [-0.15, -0.1) is 0 Å². The zero-order chi connectivity index (χ0) is 17.1. The molecule has 1 aromatic heterocycles. The molecule has 0 aliphatic rings. The lowest BCUT2D eigenvalue weighted by Gasteiger charge is -2.12. The third-order valence-corrected chi connectivity index (χ3v) is 3.56. The van der Waals surface area contributed by atoms with E-state index in [1.807, 2.05) is 37.3 Å². The van der Waals surface area contributed by atoms with Crippen molar-refractivity contribution in [2.24, 2.45) is 0 Å². The number of nitrogens with one attached hydrogen (secondary N) is 1. The van der Waals surface area contributed by atoms with E-state index in [0.717, 1.165) is 11.0 Å². The second kappa shape index (κ2) is 6.70. The number of carbonyl (C=O) groups is 1. The molecule has 0 spiro atoms. The van der Waals surface area contributed by atoms with Crippen LogP contribution in [0.2, 0.25) is 0 Å². The number of para-hydroxylation sites is 1. The second-order valence-electron chi connectivity index (χ2n) is 5.28. The molecule has 6 heteroatoms. The highest BCUT2D eigenvalue weighted by molar-refractivity contribution is 5.94. The van der Waals surface area contributed by atoms with Gasteiger partial charge in [0.15, 0.2) is 0 Å². The molecule has 1 amide bonds. The minimum Gasteiger partial charge on any atom is -0.459 e. The van der Waals surface area contributed by atoms with Gasteiger partial charge in [-0.3, -0.25) is 4.79 Å². The smallest absolute Gasteiger partial charge is 0.387 e. The predicted octanol–water partition coefficient (Wildman–Crippen LogP) is 4.53. The summed E-state index contributed by atoms with van der Waals surface area (Å²) in [5.41, 5.74) is 1.10. The van der Waals surface area contributed by atoms with E-state index in [9.17, 15) is 13.6 Å². The summed E-state index contributed by atoms with van der Waals surface area (Å²) in [7, 11) is 0. The van der Waals surface area contributed by atoms with Gasteiger partial charge in [-0.05, 0) is 43.3 Å². The van der Waals surface area contributed by atoms with Gasteiger partial charge >= 0.3 is 6.61 Å². The molecule has 4 nitrogen and oxygen atoms in total. The fourth-order valence-electron chi connectivity index (χ4n) is 2.35. The number of halogens is 2. The summed E-state index contributed by atoms with van der Waals surface area (Å²) < 4.78 is 34.2. The molecule has 0 fully saturated rings. The topological polar surface area (TPSA) is 51.5 Å². The van der Waals surface area contributed by atoms with Gasteiger partial charge in [0.2, 0.25) is 0 Å². The first kappa shape index (κ1) is 16.0. The Bertz CT molecular complexity index is 810. The zero-order valence-corrected chi connectivity index (χ0v) is 12.8. The van der Waals surface area contributed by atoms with Crippen molar-refractivity contribution in [1.82, 2.24) is 5.32 Å². The maximum atomic E-state index is 12.2. The first-order valence-electron chi connectivity index (χ1n) is 7.37. The Morgan fingerprint density at radius 3 is 2.50 bits per heavy atom. The molecule has 1 atom stereocenters. The van der Waals surface area contributed by atoms with Crippen LogP contribution in [0, 0.1) is 0 Å². The third-order valence-electron chi connectivity index (χ3n) is 3.56. The third kappa shape index (κ3) is 3.53. The van der Waals surface area contributed by atoms with Crippen LogP contribution >= 0.6 is 0 Å². The number of carbonyl (C=O) groups excluding carboxylic acids is 1. The predicted molar refractivity (Wildman–Crippen MR) is 85.2 cm³/mol. The minimum absolute atomic E-state index is 0.00637. The maximum Gasteiger partial charge on any atom is 0.387 e. The quantitative estimate of drug-likeness (QED) is 0.747. The first-order valence-corrected chi connectivity index (χ1v) is 7.37. The summed E-state index contributed by atoms with van der Waals surface area (Å²) in [6, 6.07) is 14.6. The Kier molecular flexibility index (Phi) is 4.46. The number of hydrogen-bond acceptors (Lipinski definition) is 3. The van der Waals surface area contributed by atoms with Crippen LogP contribution in [0.15, 0.2) is 59.0 Å². The Morgan fingerprint density at radius 1 is 1.12 bits per heavy atom. The van der Waals surface area contributed by atoms with Crippen molar-refractivity contribution < 1.29 is 22.7 Å². The number of rotatable bonds is 5. The highest BCUT2D eigenvalue weighted by Crippen LogP contribution is 2.24. The van der Waals surface area contributed by atoms with Gasteiger partial charge in [0.25, 0.3) is 5.91 Å². The van der Waals surface area contributed by atoms with E-state index >= 15 is 0 Å². The second-order valence-corrected chi connectivity index (χ2v) is 5.28. The number of fused-ring (bicyclic) bond motifs is 1. The Hall–Kier alpha value is -2.89. The van der Waals surface area contributed by atoms with Gasteiger partial charge in [0, 0.05) is 10.9 Å². The van der Waals surface area contributed by atoms with Crippen molar-refractivity contribution in [2.75, 3.05) is 0 Å². The van der Waals surface area contributed by atoms with Crippen LogP contribution in [0.25, 0.3) is 11.0 Å². The van der Waals surface area contributed by atoms with Crippen molar-refractivity contribution in [3.8, 4) is 5.75 Å². The highest BCUT2D eigenvalue weighted by Gasteiger charge is 2.15. The monoisotopic (exact) mass is 331 g/mol. The van der Waals surface area contributed by atoms with E-state index < -0.39 is 6.61 Å². The van der Waals surface area contributed by atoms with Crippen molar-refractivity contribution in [3.63, 3.8) is 0 Å². The average molecular weight is 331 g/mol. The number of amides is 1. The molecule has 3 aromatic rings. The zero-order valence-electron chi connectivity index (χ0n) is 12.8. The SMILES string of the molecule is CC(NC(=O)c1ccc(OC(F)F)cc1)c1cc2ccccc2o1. The van der Waals surface area contributed by atoms with Crippen LogP contribution in [-0.2, 0) is 0 Å². The van der Waals surface area contributed by atoms with E-state index in [2.05, 4.69) is 10.1 Å². The van der Waals surface area contributed by atoms with E-state index in [-0.39, 0.29) is 17.7 Å². The molecule has 1 N–H and O–H groups in total. The van der Waals surface area contributed by atoms with Gasteiger partial charge in [-0.25, -0.2) is 0 Å². The molecule has 0 saturated heterocycles. The van der Waals surface area contributed by atoms with Gasteiger partial charge in [-0.2, -0.15) is 8.78 Å². The van der Waals surface area contributed by atoms with Gasteiger partial charge in [-0.1, -0.05) is 18.2 Å². The summed E-state index contributed by atoms with van der Waals surface area (Å²) in [4.78, 5) is 12.2. The highest BCUT2D eigenvalue weighted by atomic mass is 19.3. The van der Waals surface area contributed by atoms with Crippen molar-refractivity contribution >= 4 is 16.9 Å². The average Bonchev–Trinajstić information content (AvgIpc) is 2.99. The number of benzene rings is 2. The molecule has 3 rings (SSSR count). The van der Waals surface area contributed by atoms with Crippen LogP contribution in [-0.4, -0.2) is 12.5 Å². The van der Waals surface area contributed by atoms with E-state index in [1.165, 1.54) is 24.3 Å². The Morgan fingerprint density at radius 2 is 1.83 bits per heavy atom. The van der Waals surface area contributed by atoms with Crippen LogP contribution in [0.1, 0.15) is 29.1 Å². The molecule has 2 aromatic carbocycles. The summed E-state index contributed by atoms with van der Waals surface area (Å²) in [5.74, 6) is 0.320. The van der Waals surface area contributed by atoms with Crippen LogP contribution in [0.5, 0.6) is 5.75 Å². The molecule has 0 saturated carbocycles. The van der Waals surface area contributed by atoms with Crippen LogP contribution < -0.4 is 10.1 Å². The number of hydrogen-bond donors (Lipinski definition) is 1. The van der Waals surface area contributed by atoms with E-state index in [1.54, 1.807) is 0 Å². The summed E-state index contributed by atoms with van der Waals surface area (Å²) in [6.07, 6.45) is 0. The molecular formula is C18H15F2NO3. The van der Waals surface area contributed by atoms with Crippen molar-refractivity contribution in [2.45, 2.75) is 19.6 Å². The molecular weight excluding hydrogens is 316 g/mol. The molecule has 1 unspecified atom stereocenters. The fraction of sp³-hybridized carbons (Fsp3) is 0.167.